The molecule has 120 valence electrons. The molecule has 0 radical (unpaired) electrons. The van der Waals surface area contributed by atoms with Gasteiger partial charge in [0.25, 0.3) is 0 Å². The van der Waals surface area contributed by atoms with Crippen molar-refractivity contribution in [3.05, 3.63) is 41.0 Å². The minimum absolute atomic E-state index is 0.165. The van der Waals surface area contributed by atoms with E-state index in [1.165, 1.54) is 0 Å². The van der Waals surface area contributed by atoms with Gasteiger partial charge in [0.15, 0.2) is 5.76 Å². The van der Waals surface area contributed by atoms with Crippen LogP contribution in [0.25, 0.3) is 11.3 Å². The van der Waals surface area contributed by atoms with Crippen LogP contribution in [0.2, 0.25) is 5.02 Å². The lowest BCUT2D eigenvalue weighted by Crippen LogP contribution is -2.28. The lowest BCUT2D eigenvalue weighted by molar-refractivity contribution is 0.423. The molecular weight excluding hydrogens is 324 g/mol. The predicted molar refractivity (Wildman–Crippen MR) is 87.4 cm³/mol. The van der Waals surface area contributed by atoms with Crippen LogP contribution in [0, 0.1) is 0 Å². The summed E-state index contributed by atoms with van der Waals surface area (Å²) in [5.41, 5.74) is 1.59. The third-order valence-electron chi connectivity index (χ3n) is 3.16. The van der Waals surface area contributed by atoms with E-state index in [2.05, 4.69) is 9.88 Å². The molecule has 1 N–H and O–H groups in total. The van der Waals surface area contributed by atoms with Crippen molar-refractivity contribution in [2.75, 3.05) is 12.3 Å². The zero-order chi connectivity index (χ0) is 16.0. The van der Waals surface area contributed by atoms with Crippen LogP contribution in [0.3, 0.4) is 0 Å². The molecule has 22 heavy (non-hydrogen) atoms. The van der Waals surface area contributed by atoms with Crippen molar-refractivity contribution in [3.63, 3.8) is 0 Å². The summed E-state index contributed by atoms with van der Waals surface area (Å²) in [6.45, 7) is 2.28. The summed E-state index contributed by atoms with van der Waals surface area (Å²) in [6, 6.07) is 9.06. The van der Waals surface area contributed by atoms with Crippen molar-refractivity contribution < 1.29 is 12.9 Å². The van der Waals surface area contributed by atoms with Crippen molar-refractivity contribution in [2.24, 2.45) is 0 Å². The van der Waals surface area contributed by atoms with Gasteiger partial charge in [0, 0.05) is 29.6 Å². The van der Waals surface area contributed by atoms with E-state index >= 15 is 0 Å². The summed E-state index contributed by atoms with van der Waals surface area (Å²) in [6.07, 6.45) is 2.01. The van der Waals surface area contributed by atoms with Gasteiger partial charge in [0.05, 0.1) is 11.4 Å². The topological polar surface area (TPSA) is 72.2 Å². The van der Waals surface area contributed by atoms with E-state index in [4.69, 9.17) is 16.1 Å². The maximum Gasteiger partial charge on any atom is 0.211 e. The zero-order valence-corrected chi connectivity index (χ0v) is 14.0. The lowest BCUT2D eigenvalue weighted by atomic mass is 10.1. The first-order valence-electron chi connectivity index (χ1n) is 7.19. The van der Waals surface area contributed by atoms with Crippen LogP contribution in [0.4, 0.5) is 0 Å². The average Bonchev–Trinajstić information content (AvgIpc) is 2.94. The molecule has 2 rings (SSSR count). The van der Waals surface area contributed by atoms with Gasteiger partial charge in [0.2, 0.25) is 10.0 Å². The highest BCUT2D eigenvalue weighted by Crippen LogP contribution is 2.22. The highest BCUT2D eigenvalue weighted by atomic mass is 35.5. The van der Waals surface area contributed by atoms with Crippen LogP contribution in [0.5, 0.6) is 0 Å². The van der Waals surface area contributed by atoms with Crippen LogP contribution in [0.1, 0.15) is 25.5 Å². The molecule has 5 nitrogen and oxygen atoms in total. The van der Waals surface area contributed by atoms with Crippen molar-refractivity contribution in [3.8, 4) is 11.3 Å². The average molecular weight is 343 g/mol. The standard InChI is InChI=1S/C15H19ClN2O3S/c1-2-3-10-22(19,20)17-9-8-14-11-15(21-18-14)12-4-6-13(16)7-5-12/h4-7,11,17H,2-3,8-10H2,1H3. The SMILES string of the molecule is CCCCS(=O)(=O)NCCc1cc(-c2ccc(Cl)cc2)on1. The fraction of sp³-hybridized carbons (Fsp3) is 0.400. The smallest absolute Gasteiger partial charge is 0.211 e. The lowest BCUT2D eigenvalue weighted by Gasteiger charge is -2.04. The summed E-state index contributed by atoms with van der Waals surface area (Å²) >= 11 is 5.84. The van der Waals surface area contributed by atoms with Crippen LogP contribution >= 0.6 is 11.6 Å². The highest BCUT2D eigenvalue weighted by Gasteiger charge is 2.10. The summed E-state index contributed by atoms with van der Waals surface area (Å²) in [5.74, 6) is 0.804. The Morgan fingerprint density at radius 1 is 1.27 bits per heavy atom. The second kappa shape index (κ2) is 7.76. The molecule has 1 heterocycles. The van der Waals surface area contributed by atoms with E-state index in [1.54, 1.807) is 12.1 Å². The Bertz CT molecular complexity index is 696. The molecule has 1 aromatic carbocycles. The molecule has 7 heteroatoms. The molecule has 1 aromatic heterocycles. The van der Waals surface area contributed by atoms with Gasteiger partial charge in [-0.15, -0.1) is 0 Å². The largest absolute Gasteiger partial charge is 0.356 e. The van der Waals surface area contributed by atoms with Crippen molar-refractivity contribution >= 4 is 21.6 Å². The van der Waals surface area contributed by atoms with Crippen LogP contribution in [-0.2, 0) is 16.4 Å². The first-order valence-corrected chi connectivity index (χ1v) is 9.22. The Balaban J connectivity index is 1.89. The summed E-state index contributed by atoms with van der Waals surface area (Å²) < 4.78 is 31.2. The van der Waals surface area contributed by atoms with E-state index in [0.717, 1.165) is 12.0 Å². The number of aromatic nitrogens is 1. The Morgan fingerprint density at radius 2 is 2.00 bits per heavy atom. The van der Waals surface area contributed by atoms with Crippen LogP contribution in [-0.4, -0.2) is 25.9 Å². The number of halogens is 1. The molecule has 0 aliphatic carbocycles. The Morgan fingerprint density at radius 3 is 2.68 bits per heavy atom. The van der Waals surface area contributed by atoms with Gasteiger partial charge in [-0.2, -0.15) is 0 Å². The third kappa shape index (κ3) is 5.12. The van der Waals surface area contributed by atoms with E-state index in [1.807, 2.05) is 25.1 Å². The number of hydrogen-bond acceptors (Lipinski definition) is 4. The number of unbranched alkanes of at least 4 members (excludes halogenated alkanes) is 1. The monoisotopic (exact) mass is 342 g/mol. The maximum atomic E-state index is 11.7. The molecule has 0 aliphatic rings. The summed E-state index contributed by atoms with van der Waals surface area (Å²) in [5, 5.41) is 4.61. The molecule has 0 spiro atoms. The predicted octanol–water partition coefficient (Wildman–Crippen LogP) is 3.26. The van der Waals surface area contributed by atoms with Gasteiger partial charge in [-0.1, -0.05) is 30.1 Å². The second-order valence-corrected chi connectivity index (χ2v) is 7.37. The Kier molecular flexibility index (Phi) is 5.99. The minimum Gasteiger partial charge on any atom is -0.356 e. The number of sulfonamides is 1. The maximum absolute atomic E-state index is 11.7. The third-order valence-corrected chi connectivity index (χ3v) is 4.88. The van der Waals surface area contributed by atoms with Crippen LogP contribution in [0.15, 0.2) is 34.9 Å². The number of hydrogen-bond donors (Lipinski definition) is 1. The van der Waals surface area contributed by atoms with E-state index < -0.39 is 10.0 Å². The first kappa shape index (κ1) is 17.0. The number of benzene rings is 1. The molecule has 0 amide bonds. The van der Waals surface area contributed by atoms with Gasteiger partial charge in [-0.25, -0.2) is 13.1 Å². The van der Waals surface area contributed by atoms with Gasteiger partial charge >= 0.3 is 0 Å². The molecule has 0 bridgehead atoms. The van der Waals surface area contributed by atoms with E-state index in [-0.39, 0.29) is 5.75 Å². The Labute approximate surface area is 135 Å². The summed E-state index contributed by atoms with van der Waals surface area (Å²) in [4.78, 5) is 0. The van der Waals surface area contributed by atoms with Crippen molar-refractivity contribution in [2.45, 2.75) is 26.2 Å². The molecule has 0 atom stereocenters. The number of nitrogens with one attached hydrogen (secondary N) is 1. The van der Waals surface area contributed by atoms with Gasteiger partial charge in [0.1, 0.15) is 0 Å². The highest BCUT2D eigenvalue weighted by molar-refractivity contribution is 7.89. The molecule has 0 aliphatic heterocycles. The summed E-state index contributed by atoms with van der Waals surface area (Å²) in [7, 11) is -3.19. The molecule has 0 unspecified atom stereocenters. The number of rotatable bonds is 8. The quantitative estimate of drug-likeness (QED) is 0.799. The molecule has 0 saturated heterocycles. The van der Waals surface area contributed by atoms with Crippen molar-refractivity contribution in [1.29, 1.82) is 0 Å². The van der Waals surface area contributed by atoms with Crippen molar-refractivity contribution in [1.82, 2.24) is 9.88 Å². The van der Waals surface area contributed by atoms with E-state index in [0.29, 0.717) is 35.9 Å². The van der Waals surface area contributed by atoms with E-state index in [9.17, 15) is 8.42 Å². The van der Waals surface area contributed by atoms with Crippen LogP contribution < -0.4 is 4.72 Å². The fourth-order valence-corrected chi connectivity index (χ4v) is 3.27. The number of nitrogens with zero attached hydrogens (tertiary/aromatic N) is 1. The van der Waals surface area contributed by atoms with Gasteiger partial charge < -0.3 is 4.52 Å². The van der Waals surface area contributed by atoms with Gasteiger partial charge in [-0.05, 0) is 30.7 Å². The fourth-order valence-electron chi connectivity index (χ4n) is 1.92. The van der Waals surface area contributed by atoms with Gasteiger partial charge in [-0.3, -0.25) is 0 Å². The molecular formula is C15H19ClN2O3S. The molecule has 0 saturated carbocycles. The molecule has 2 aromatic rings. The zero-order valence-electron chi connectivity index (χ0n) is 12.4. The molecule has 0 fully saturated rings. The normalized spacial score (nSPS) is 11.7. The minimum atomic E-state index is -3.19. The first-order chi connectivity index (χ1) is 10.5. The Hall–Kier alpha value is -1.37. The second-order valence-electron chi connectivity index (χ2n) is 5.01.